The maximum Gasteiger partial charge on any atom is 0.251 e. The molecule has 0 atom stereocenters. The molecule has 2 aromatic rings. The number of pyridine rings is 1. The first-order valence-electron chi connectivity index (χ1n) is 6.63. The van der Waals surface area contributed by atoms with E-state index in [2.05, 4.69) is 10.3 Å². The standard InChI is InChI=1S/C16H18N2O3/c1-20-14-9-13(10-15(11-14)21-2)16(19)18-8-5-12-3-6-17-7-4-12/h3-4,6-7,9-11H,5,8H2,1-2H3,(H,18,19). The van der Waals surface area contributed by atoms with Gasteiger partial charge in [0.1, 0.15) is 11.5 Å². The molecule has 0 bridgehead atoms. The second-order valence-electron chi connectivity index (χ2n) is 4.46. The summed E-state index contributed by atoms with van der Waals surface area (Å²) in [4.78, 5) is 16.1. The third kappa shape index (κ3) is 4.21. The summed E-state index contributed by atoms with van der Waals surface area (Å²) >= 11 is 0. The van der Waals surface area contributed by atoms with Crippen LogP contribution in [-0.2, 0) is 6.42 Å². The highest BCUT2D eigenvalue weighted by atomic mass is 16.5. The van der Waals surface area contributed by atoms with Crippen LogP contribution in [0.3, 0.4) is 0 Å². The molecule has 0 aliphatic carbocycles. The zero-order chi connectivity index (χ0) is 15.1. The van der Waals surface area contributed by atoms with Crippen LogP contribution in [0.4, 0.5) is 0 Å². The fourth-order valence-corrected chi connectivity index (χ4v) is 1.91. The van der Waals surface area contributed by atoms with Crippen LogP contribution >= 0.6 is 0 Å². The summed E-state index contributed by atoms with van der Waals surface area (Å²) in [5.41, 5.74) is 1.65. The van der Waals surface area contributed by atoms with Crippen LogP contribution in [-0.4, -0.2) is 31.7 Å². The predicted molar refractivity (Wildman–Crippen MR) is 79.8 cm³/mol. The lowest BCUT2D eigenvalue weighted by atomic mass is 10.1. The van der Waals surface area contributed by atoms with Gasteiger partial charge in [0.15, 0.2) is 0 Å². The SMILES string of the molecule is COc1cc(OC)cc(C(=O)NCCc2ccncc2)c1. The monoisotopic (exact) mass is 286 g/mol. The van der Waals surface area contributed by atoms with Gasteiger partial charge >= 0.3 is 0 Å². The number of rotatable bonds is 6. The van der Waals surface area contributed by atoms with Gasteiger partial charge in [0.25, 0.3) is 5.91 Å². The van der Waals surface area contributed by atoms with Gasteiger partial charge in [-0.3, -0.25) is 9.78 Å². The first-order valence-corrected chi connectivity index (χ1v) is 6.63. The van der Waals surface area contributed by atoms with Crippen molar-refractivity contribution in [1.82, 2.24) is 10.3 Å². The van der Waals surface area contributed by atoms with Crippen molar-refractivity contribution in [1.29, 1.82) is 0 Å². The van der Waals surface area contributed by atoms with E-state index < -0.39 is 0 Å². The van der Waals surface area contributed by atoms with Crippen LogP contribution in [0.5, 0.6) is 11.5 Å². The van der Waals surface area contributed by atoms with E-state index in [1.807, 2.05) is 12.1 Å². The Kier molecular flexibility index (Phi) is 5.15. The van der Waals surface area contributed by atoms with Gasteiger partial charge in [-0.15, -0.1) is 0 Å². The van der Waals surface area contributed by atoms with Crippen LogP contribution in [0.1, 0.15) is 15.9 Å². The largest absolute Gasteiger partial charge is 0.497 e. The van der Waals surface area contributed by atoms with Crippen molar-refractivity contribution in [3.63, 3.8) is 0 Å². The lowest BCUT2D eigenvalue weighted by Crippen LogP contribution is -2.25. The van der Waals surface area contributed by atoms with Gasteiger partial charge in [-0.2, -0.15) is 0 Å². The lowest BCUT2D eigenvalue weighted by molar-refractivity contribution is 0.0953. The summed E-state index contributed by atoms with van der Waals surface area (Å²) in [5, 5.41) is 2.88. The van der Waals surface area contributed by atoms with Gasteiger partial charge in [-0.05, 0) is 36.2 Å². The van der Waals surface area contributed by atoms with Gasteiger partial charge in [-0.1, -0.05) is 0 Å². The Morgan fingerprint density at radius 3 is 2.29 bits per heavy atom. The van der Waals surface area contributed by atoms with Gasteiger partial charge in [0, 0.05) is 30.6 Å². The second-order valence-corrected chi connectivity index (χ2v) is 4.46. The normalized spacial score (nSPS) is 10.0. The molecule has 0 spiro atoms. The number of carbonyl (C=O) groups is 1. The van der Waals surface area contributed by atoms with E-state index in [-0.39, 0.29) is 5.91 Å². The molecule has 0 radical (unpaired) electrons. The fraction of sp³-hybridized carbons (Fsp3) is 0.250. The van der Waals surface area contributed by atoms with Gasteiger partial charge in [0.2, 0.25) is 0 Å². The zero-order valence-electron chi connectivity index (χ0n) is 12.1. The van der Waals surface area contributed by atoms with Gasteiger partial charge < -0.3 is 14.8 Å². The molecule has 5 nitrogen and oxygen atoms in total. The molecule has 1 amide bonds. The minimum absolute atomic E-state index is 0.152. The molecule has 21 heavy (non-hydrogen) atoms. The molecule has 0 fully saturated rings. The van der Waals surface area contributed by atoms with Crippen LogP contribution in [0.15, 0.2) is 42.7 Å². The second kappa shape index (κ2) is 7.28. The molecule has 1 heterocycles. The Morgan fingerprint density at radius 2 is 1.71 bits per heavy atom. The quantitative estimate of drug-likeness (QED) is 0.883. The summed E-state index contributed by atoms with van der Waals surface area (Å²) in [7, 11) is 3.11. The van der Waals surface area contributed by atoms with Crippen molar-refractivity contribution in [2.24, 2.45) is 0 Å². The number of aromatic nitrogens is 1. The van der Waals surface area contributed by atoms with Crippen molar-refractivity contribution in [3.05, 3.63) is 53.9 Å². The van der Waals surface area contributed by atoms with Gasteiger partial charge in [-0.25, -0.2) is 0 Å². The highest BCUT2D eigenvalue weighted by Gasteiger charge is 2.09. The lowest BCUT2D eigenvalue weighted by Gasteiger charge is -2.09. The Balaban J connectivity index is 1.97. The molecular formula is C16H18N2O3. The number of hydrogen-bond acceptors (Lipinski definition) is 4. The van der Waals surface area contributed by atoms with Crippen molar-refractivity contribution >= 4 is 5.91 Å². The van der Waals surface area contributed by atoms with Crippen LogP contribution in [0, 0.1) is 0 Å². The number of hydrogen-bond donors (Lipinski definition) is 1. The topological polar surface area (TPSA) is 60.5 Å². The van der Waals surface area contributed by atoms with Crippen LogP contribution in [0.25, 0.3) is 0 Å². The van der Waals surface area contributed by atoms with Crippen molar-refractivity contribution in [2.45, 2.75) is 6.42 Å². The Hall–Kier alpha value is -2.56. The number of nitrogens with one attached hydrogen (secondary N) is 1. The highest BCUT2D eigenvalue weighted by molar-refractivity contribution is 5.95. The van der Waals surface area contributed by atoms with E-state index in [1.54, 1.807) is 44.8 Å². The average Bonchev–Trinajstić information content (AvgIpc) is 2.55. The first kappa shape index (κ1) is 14.8. The number of amides is 1. The molecule has 5 heteroatoms. The maximum atomic E-state index is 12.1. The molecule has 0 aliphatic heterocycles. The van der Waals surface area contributed by atoms with Crippen molar-refractivity contribution < 1.29 is 14.3 Å². The van der Waals surface area contributed by atoms with Crippen LogP contribution < -0.4 is 14.8 Å². The number of methoxy groups -OCH3 is 2. The fourth-order valence-electron chi connectivity index (χ4n) is 1.91. The number of ether oxygens (including phenoxy) is 2. The molecule has 1 aromatic heterocycles. The Morgan fingerprint density at radius 1 is 1.10 bits per heavy atom. The third-order valence-electron chi connectivity index (χ3n) is 3.06. The molecule has 1 aromatic carbocycles. The number of nitrogens with zero attached hydrogens (tertiary/aromatic N) is 1. The summed E-state index contributed by atoms with van der Waals surface area (Å²) in [6.45, 7) is 0.558. The van der Waals surface area contributed by atoms with E-state index in [0.717, 1.165) is 12.0 Å². The van der Waals surface area contributed by atoms with E-state index >= 15 is 0 Å². The summed E-state index contributed by atoms with van der Waals surface area (Å²) in [5.74, 6) is 1.03. The Bertz CT molecular complexity index is 577. The summed E-state index contributed by atoms with van der Waals surface area (Å²) in [6, 6.07) is 8.96. The molecule has 0 aliphatic rings. The summed E-state index contributed by atoms with van der Waals surface area (Å²) in [6.07, 6.45) is 4.24. The summed E-state index contributed by atoms with van der Waals surface area (Å²) < 4.78 is 10.3. The van der Waals surface area contributed by atoms with E-state index in [1.165, 1.54) is 0 Å². The molecule has 0 saturated carbocycles. The first-order chi connectivity index (χ1) is 10.2. The van der Waals surface area contributed by atoms with Crippen molar-refractivity contribution in [3.8, 4) is 11.5 Å². The molecular weight excluding hydrogens is 268 g/mol. The van der Waals surface area contributed by atoms with Crippen molar-refractivity contribution in [2.75, 3.05) is 20.8 Å². The van der Waals surface area contributed by atoms with E-state index in [9.17, 15) is 4.79 Å². The minimum atomic E-state index is -0.152. The van der Waals surface area contributed by atoms with Crippen LogP contribution in [0.2, 0.25) is 0 Å². The molecule has 1 N–H and O–H groups in total. The molecule has 0 saturated heterocycles. The smallest absolute Gasteiger partial charge is 0.251 e. The zero-order valence-corrected chi connectivity index (χ0v) is 12.1. The molecule has 110 valence electrons. The van der Waals surface area contributed by atoms with E-state index in [4.69, 9.17) is 9.47 Å². The predicted octanol–water partition coefficient (Wildman–Crippen LogP) is 2.07. The molecule has 0 unspecified atom stereocenters. The average molecular weight is 286 g/mol. The number of carbonyl (C=O) groups excluding carboxylic acids is 1. The third-order valence-corrected chi connectivity index (χ3v) is 3.06. The van der Waals surface area contributed by atoms with Gasteiger partial charge in [0.05, 0.1) is 14.2 Å². The minimum Gasteiger partial charge on any atom is -0.497 e. The molecule has 2 rings (SSSR count). The Labute approximate surface area is 123 Å². The van der Waals surface area contributed by atoms with E-state index in [0.29, 0.717) is 23.6 Å². The number of benzene rings is 1. The highest BCUT2D eigenvalue weighted by Crippen LogP contribution is 2.22. The maximum absolute atomic E-state index is 12.1.